The number of fused-ring (bicyclic) bond motifs is 2. The molecule has 0 aliphatic heterocycles. The number of halogens is 2. The van der Waals surface area contributed by atoms with Crippen molar-refractivity contribution in [1.29, 1.82) is 0 Å². The number of hydrogen-bond donors (Lipinski definition) is 1. The van der Waals surface area contributed by atoms with Gasteiger partial charge in [0.1, 0.15) is 11.3 Å². The van der Waals surface area contributed by atoms with E-state index in [0.717, 1.165) is 10.9 Å². The second kappa shape index (κ2) is 7.97. The summed E-state index contributed by atoms with van der Waals surface area (Å²) in [6.45, 7) is -0.840. The Hall–Kier alpha value is -4.34. The maximum Gasteiger partial charge on any atom is 0.272 e. The van der Waals surface area contributed by atoms with E-state index in [2.05, 4.69) is 15.1 Å². The molecule has 0 saturated carbocycles. The number of phenols is 1. The monoisotopic (exact) mass is 449 g/mol. The fraction of sp³-hybridized carbons (Fsp3) is 0.130. The van der Waals surface area contributed by atoms with E-state index in [0.29, 0.717) is 22.3 Å². The maximum absolute atomic E-state index is 13.6. The van der Waals surface area contributed by atoms with Crippen LogP contribution in [0.5, 0.6) is 11.6 Å². The lowest BCUT2D eigenvalue weighted by Crippen LogP contribution is -2.22. The number of phenolic OH excluding ortho intramolecular Hbond substituents is 1. The molecule has 3 heterocycles. The van der Waals surface area contributed by atoms with Crippen LogP contribution in [0.1, 0.15) is 0 Å². The Bertz CT molecular complexity index is 1540. The summed E-state index contributed by atoms with van der Waals surface area (Å²) >= 11 is 0. The van der Waals surface area contributed by atoms with Crippen molar-refractivity contribution in [2.45, 2.75) is 6.43 Å². The molecule has 10 heteroatoms. The highest BCUT2D eigenvalue weighted by molar-refractivity contribution is 5.86. The van der Waals surface area contributed by atoms with Gasteiger partial charge in [-0.1, -0.05) is 6.07 Å². The summed E-state index contributed by atoms with van der Waals surface area (Å²) in [7, 11) is 1.82. The fourth-order valence-electron chi connectivity index (χ4n) is 3.64. The van der Waals surface area contributed by atoms with Crippen LogP contribution in [-0.4, -0.2) is 42.5 Å². The van der Waals surface area contributed by atoms with Crippen molar-refractivity contribution in [1.82, 2.24) is 24.3 Å². The highest BCUT2D eigenvalue weighted by Crippen LogP contribution is 2.26. The molecule has 0 fully saturated rings. The van der Waals surface area contributed by atoms with Gasteiger partial charge < -0.3 is 9.84 Å². The summed E-state index contributed by atoms with van der Waals surface area (Å²) in [5.74, 6) is -0.0967. The lowest BCUT2D eigenvalue weighted by atomic mass is 10.0. The first-order valence-corrected chi connectivity index (χ1v) is 9.96. The van der Waals surface area contributed by atoms with Crippen LogP contribution in [0.15, 0.2) is 65.7 Å². The molecule has 0 bridgehead atoms. The Morgan fingerprint density at radius 2 is 1.88 bits per heavy atom. The van der Waals surface area contributed by atoms with Gasteiger partial charge in [-0.15, -0.1) is 0 Å². The molecule has 0 amide bonds. The van der Waals surface area contributed by atoms with E-state index in [9.17, 15) is 18.7 Å². The summed E-state index contributed by atoms with van der Waals surface area (Å²) in [5.41, 5.74) is 2.37. The number of pyridine rings is 1. The van der Waals surface area contributed by atoms with E-state index in [1.54, 1.807) is 28.9 Å². The Balaban J connectivity index is 1.75. The summed E-state index contributed by atoms with van der Waals surface area (Å²) in [4.78, 5) is 22.2. The molecule has 5 rings (SSSR count). The van der Waals surface area contributed by atoms with E-state index in [-0.39, 0.29) is 17.3 Å². The third-order valence-electron chi connectivity index (χ3n) is 5.08. The molecule has 0 saturated heterocycles. The molecular weight excluding hydrogens is 432 g/mol. The van der Waals surface area contributed by atoms with Crippen molar-refractivity contribution in [3.05, 3.63) is 71.3 Å². The quantitative estimate of drug-likeness (QED) is 0.440. The minimum Gasteiger partial charge on any atom is -0.508 e. The van der Waals surface area contributed by atoms with Crippen molar-refractivity contribution in [3.63, 3.8) is 0 Å². The molecule has 3 aromatic heterocycles. The zero-order chi connectivity index (χ0) is 23.1. The molecule has 33 heavy (non-hydrogen) atoms. The number of alkyl halides is 2. The topological polar surface area (TPSA) is 95.1 Å². The first-order chi connectivity index (χ1) is 15.9. The van der Waals surface area contributed by atoms with Crippen LogP contribution in [0.4, 0.5) is 8.78 Å². The molecule has 0 aliphatic carbocycles. The first kappa shape index (κ1) is 20.6. The smallest absolute Gasteiger partial charge is 0.272 e. The predicted molar refractivity (Wildman–Crippen MR) is 118 cm³/mol. The summed E-state index contributed by atoms with van der Waals surface area (Å²) in [6.07, 6.45) is 0.418. The van der Waals surface area contributed by atoms with Crippen molar-refractivity contribution in [2.75, 3.05) is 6.61 Å². The predicted octanol–water partition coefficient (Wildman–Crippen LogP) is 3.68. The highest BCUT2D eigenvalue weighted by Gasteiger charge is 2.17. The lowest BCUT2D eigenvalue weighted by Gasteiger charge is -2.13. The normalized spacial score (nSPS) is 11.5. The first-order valence-electron chi connectivity index (χ1n) is 9.96. The molecule has 0 atom stereocenters. The summed E-state index contributed by atoms with van der Waals surface area (Å²) in [5, 5.41) is 14.9. The van der Waals surface area contributed by atoms with Crippen LogP contribution in [0.3, 0.4) is 0 Å². The number of hydrogen-bond acceptors (Lipinski definition) is 6. The van der Waals surface area contributed by atoms with E-state index < -0.39 is 18.6 Å². The molecule has 0 unspecified atom stereocenters. The minimum absolute atomic E-state index is 0.0290. The van der Waals surface area contributed by atoms with Gasteiger partial charge in [0.05, 0.1) is 17.4 Å². The number of aryl methyl sites for hydroxylation is 1. The Kier molecular flexibility index (Phi) is 4.97. The molecule has 166 valence electrons. The van der Waals surface area contributed by atoms with E-state index >= 15 is 0 Å². The average molecular weight is 449 g/mol. The van der Waals surface area contributed by atoms with Gasteiger partial charge in [0.2, 0.25) is 5.88 Å². The molecule has 2 aromatic carbocycles. The zero-order valence-electron chi connectivity index (χ0n) is 17.3. The summed E-state index contributed by atoms with van der Waals surface area (Å²) in [6, 6.07) is 13.1. The average Bonchev–Trinajstić information content (AvgIpc) is 3.17. The van der Waals surface area contributed by atoms with E-state index in [4.69, 9.17) is 4.74 Å². The van der Waals surface area contributed by atoms with E-state index in [1.165, 1.54) is 22.9 Å². The van der Waals surface area contributed by atoms with Crippen LogP contribution in [0.25, 0.3) is 38.9 Å². The number of benzene rings is 2. The SMILES string of the molecule is Cn1cc2cc(-c3cc4ncc(OCC(F)F)nc4n(-c4ccc(O)cc4)c3=O)ccc2n1. The fourth-order valence-corrected chi connectivity index (χ4v) is 3.64. The minimum atomic E-state index is -2.67. The number of ether oxygens (including phenoxy) is 1. The second-order valence-corrected chi connectivity index (χ2v) is 7.41. The van der Waals surface area contributed by atoms with Gasteiger partial charge in [0.15, 0.2) is 12.3 Å². The molecular formula is C23H17F2N5O3. The Labute approximate surface area is 185 Å². The van der Waals surface area contributed by atoms with Gasteiger partial charge in [-0.05, 0) is 48.0 Å². The Morgan fingerprint density at radius 1 is 1.09 bits per heavy atom. The molecule has 0 radical (unpaired) electrons. The van der Waals surface area contributed by atoms with Gasteiger partial charge in [-0.3, -0.25) is 14.0 Å². The third-order valence-corrected chi connectivity index (χ3v) is 5.08. The van der Waals surface area contributed by atoms with E-state index in [1.807, 2.05) is 25.4 Å². The van der Waals surface area contributed by atoms with Gasteiger partial charge in [0, 0.05) is 24.2 Å². The summed E-state index contributed by atoms with van der Waals surface area (Å²) < 4.78 is 33.2. The van der Waals surface area contributed by atoms with Crippen LogP contribution < -0.4 is 10.3 Å². The van der Waals surface area contributed by atoms with Crippen molar-refractivity contribution >= 4 is 22.1 Å². The Morgan fingerprint density at radius 3 is 2.64 bits per heavy atom. The number of aromatic nitrogens is 5. The lowest BCUT2D eigenvalue weighted by molar-refractivity contribution is 0.0795. The standard InChI is InChI=1S/C23H17F2N5O3/c1-29-11-14-8-13(2-7-18(14)28-29)17-9-19-22(27-21(10-26-19)33-12-20(24)25)30(23(17)32)15-3-5-16(31)6-4-15/h2-11,20,31H,12H2,1H3. The maximum atomic E-state index is 13.6. The van der Waals surface area contributed by atoms with Crippen LogP contribution in [0.2, 0.25) is 0 Å². The number of nitrogens with zero attached hydrogens (tertiary/aromatic N) is 5. The van der Waals surface area contributed by atoms with Crippen molar-refractivity contribution < 1.29 is 18.6 Å². The van der Waals surface area contributed by atoms with Crippen LogP contribution in [-0.2, 0) is 7.05 Å². The van der Waals surface area contributed by atoms with Gasteiger partial charge >= 0.3 is 0 Å². The number of aromatic hydroxyl groups is 1. The van der Waals surface area contributed by atoms with Crippen LogP contribution in [0, 0.1) is 0 Å². The molecule has 1 N–H and O–H groups in total. The largest absolute Gasteiger partial charge is 0.508 e. The number of rotatable bonds is 5. The van der Waals surface area contributed by atoms with Gasteiger partial charge in [0.25, 0.3) is 12.0 Å². The molecule has 5 aromatic rings. The van der Waals surface area contributed by atoms with Gasteiger partial charge in [-0.2, -0.15) is 10.1 Å². The molecule has 0 aliphatic rings. The van der Waals surface area contributed by atoms with Crippen molar-refractivity contribution in [2.24, 2.45) is 7.05 Å². The molecule has 0 spiro atoms. The van der Waals surface area contributed by atoms with Crippen molar-refractivity contribution in [3.8, 4) is 28.4 Å². The second-order valence-electron chi connectivity index (χ2n) is 7.41. The highest BCUT2D eigenvalue weighted by atomic mass is 19.3. The zero-order valence-corrected chi connectivity index (χ0v) is 17.3. The molecule has 8 nitrogen and oxygen atoms in total. The van der Waals surface area contributed by atoms with Crippen LogP contribution >= 0.6 is 0 Å². The third kappa shape index (κ3) is 3.86. The van der Waals surface area contributed by atoms with Gasteiger partial charge in [-0.25, -0.2) is 13.8 Å².